The number of ether oxygens (including phenoxy) is 2. The minimum Gasteiger partial charge on any atom is -0.491 e. The number of nitrogens with zero attached hydrogens (tertiary/aromatic N) is 1. The molecule has 1 saturated carbocycles. The van der Waals surface area contributed by atoms with Crippen LogP contribution in [0.25, 0.3) is 0 Å². The Hall–Kier alpha value is -2.15. The second-order valence-corrected chi connectivity index (χ2v) is 14.2. The third kappa shape index (κ3) is 6.97. The third-order valence-electron chi connectivity index (χ3n) is 9.47. The first kappa shape index (κ1) is 31.3. The van der Waals surface area contributed by atoms with Gasteiger partial charge in [0.2, 0.25) is 0 Å². The topological polar surface area (TPSA) is 50.8 Å². The number of rotatable bonds is 5. The highest BCUT2D eigenvalue weighted by Crippen LogP contribution is 2.43. The van der Waals surface area contributed by atoms with Crippen molar-refractivity contribution in [2.24, 2.45) is 23.7 Å². The molecule has 228 valence electrons. The van der Waals surface area contributed by atoms with Crippen LogP contribution in [0.2, 0.25) is 5.02 Å². The van der Waals surface area contributed by atoms with Gasteiger partial charge in [-0.25, -0.2) is 0 Å². The number of benzene rings is 2. The standard InChI is InChI=1S/C35H47ClN2O3S/c1-6-8-24-17-28(36)13-15-29(24)27-20-38-19-26-11-14-30(26)32(40-5)10-7-9-23(4)34(22(2)3)42-37-35(39)25-12-16-33(41-21-27)31(38)18-25/h7,10,12-13,15-18,22-23,26-27,30,32,34H,6,8-9,11,14,19-21H2,1-5H3,(H,37,39)/b10-7+. The first-order chi connectivity index (χ1) is 20.3. The Bertz CT molecular complexity index is 1270. The van der Waals surface area contributed by atoms with E-state index in [4.69, 9.17) is 21.1 Å². The maximum atomic E-state index is 13.5. The van der Waals surface area contributed by atoms with Crippen molar-refractivity contribution < 1.29 is 14.3 Å². The number of allylic oxidation sites excluding steroid dienone is 1. The van der Waals surface area contributed by atoms with Crippen molar-refractivity contribution >= 4 is 35.1 Å². The van der Waals surface area contributed by atoms with Crippen molar-refractivity contribution in [2.45, 2.75) is 77.1 Å². The zero-order valence-electron chi connectivity index (χ0n) is 25.8. The summed E-state index contributed by atoms with van der Waals surface area (Å²) in [6, 6.07) is 12.3. The van der Waals surface area contributed by atoms with E-state index in [1.165, 1.54) is 24.0 Å². The van der Waals surface area contributed by atoms with Gasteiger partial charge in [0.25, 0.3) is 5.91 Å². The molecule has 2 aromatic rings. The molecule has 7 heteroatoms. The molecule has 1 amide bonds. The van der Waals surface area contributed by atoms with E-state index in [0.717, 1.165) is 48.8 Å². The summed E-state index contributed by atoms with van der Waals surface area (Å²) in [4.78, 5) is 16.0. The number of amides is 1. The van der Waals surface area contributed by atoms with E-state index in [0.29, 0.717) is 41.1 Å². The molecule has 0 spiro atoms. The van der Waals surface area contributed by atoms with Gasteiger partial charge in [0.1, 0.15) is 5.75 Å². The molecule has 1 N–H and O–H groups in total. The van der Waals surface area contributed by atoms with Crippen LogP contribution in [0.5, 0.6) is 5.75 Å². The van der Waals surface area contributed by atoms with Crippen LogP contribution < -0.4 is 14.4 Å². The van der Waals surface area contributed by atoms with Gasteiger partial charge in [0, 0.05) is 42.0 Å². The van der Waals surface area contributed by atoms with E-state index in [1.807, 2.05) is 31.4 Å². The highest BCUT2D eigenvalue weighted by Gasteiger charge is 2.39. The van der Waals surface area contributed by atoms with E-state index in [-0.39, 0.29) is 17.9 Å². The molecule has 5 nitrogen and oxygen atoms in total. The minimum absolute atomic E-state index is 0.0482. The van der Waals surface area contributed by atoms with Gasteiger partial charge in [0.05, 0.1) is 18.4 Å². The van der Waals surface area contributed by atoms with Gasteiger partial charge in [-0.1, -0.05) is 63.9 Å². The maximum absolute atomic E-state index is 13.5. The highest BCUT2D eigenvalue weighted by molar-refractivity contribution is 7.98. The summed E-state index contributed by atoms with van der Waals surface area (Å²) >= 11 is 7.99. The number of halogens is 1. The zero-order valence-corrected chi connectivity index (χ0v) is 27.3. The van der Waals surface area contributed by atoms with Crippen molar-refractivity contribution in [1.82, 2.24) is 4.72 Å². The molecule has 42 heavy (non-hydrogen) atoms. The molecule has 5 rings (SSSR count). The highest BCUT2D eigenvalue weighted by atomic mass is 35.5. The van der Waals surface area contributed by atoms with E-state index >= 15 is 0 Å². The number of anilines is 1. The number of aryl methyl sites for hydroxylation is 1. The van der Waals surface area contributed by atoms with Gasteiger partial charge in [-0.05, 0) is 103 Å². The summed E-state index contributed by atoms with van der Waals surface area (Å²) in [6.45, 7) is 11.3. The molecule has 0 aromatic heterocycles. The number of nitrogens with one attached hydrogen (secondary N) is 1. The van der Waals surface area contributed by atoms with Crippen LogP contribution in [-0.2, 0) is 11.2 Å². The predicted molar refractivity (Wildman–Crippen MR) is 176 cm³/mol. The van der Waals surface area contributed by atoms with E-state index in [9.17, 15) is 4.79 Å². The Morgan fingerprint density at radius 1 is 1.17 bits per heavy atom. The van der Waals surface area contributed by atoms with Gasteiger partial charge >= 0.3 is 0 Å². The van der Waals surface area contributed by atoms with Crippen molar-refractivity contribution in [3.63, 3.8) is 0 Å². The van der Waals surface area contributed by atoms with Crippen LogP contribution in [0.1, 0.15) is 80.8 Å². The quantitative estimate of drug-likeness (QED) is 0.272. The van der Waals surface area contributed by atoms with E-state index in [1.54, 1.807) is 11.9 Å². The Balaban J connectivity index is 1.51. The summed E-state index contributed by atoms with van der Waals surface area (Å²) in [5, 5.41) is 1.09. The molecular weight excluding hydrogens is 564 g/mol. The molecule has 2 heterocycles. The van der Waals surface area contributed by atoms with E-state index < -0.39 is 0 Å². The van der Waals surface area contributed by atoms with Crippen LogP contribution in [0.15, 0.2) is 48.6 Å². The van der Waals surface area contributed by atoms with Crippen molar-refractivity contribution in [3.05, 3.63) is 70.3 Å². The number of fused-ring (bicyclic) bond motifs is 2. The Kier molecular flexibility index (Phi) is 10.5. The number of methoxy groups -OCH3 is 1. The summed E-state index contributed by atoms with van der Waals surface area (Å²) in [5.74, 6) is 2.84. The molecule has 3 aliphatic rings. The van der Waals surface area contributed by atoms with Crippen LogP contribution in [-0.4, -0.2) is 44.1 Å². The van der Waals surface area contributed by atoms with Gasteiger partial charge < -0.3 is 14.4 Å². The lowest BCUT2D eigenvalue weighted by Gasteiger charge is -2.43. The molecule has 1 fully saturated rings. The Labute approximate surface area is 261 Å². The number of hydrogen-bond donors (Lipinski definition) is 1. The molecule has 6 atom stereocenters. The van der Waals surface area contributed by atoms with Gasteiger partial charge in [-0.15, -0.1) is 0 Å². The number of carbonyl (C=O) groups excluding carboxylic acids is 1. The van der Waals surface area contributed by atoms with Crippen LogP contribution in [0, 0.1) is 23.7 Å². The summed E-state index contributed by atoms with van der Waals surface area (Å²) in [6.07, 6.45) is 10.1. The molecule has 0 saturated heterocycles. The lowest BCUT2D eigenvalue weighted by Crippen LogP contribution is -2.44. The molecule has 0 radical (unpaired) electrons. The number of hydrogen-bond acceptors (Lipinski definition) is 5. The average Bonchev–Trinajstić information content (AvgIpc) is 3.13. The lowest BCUT2D eigenvalue weighted by atomic mass is 9.70. The van der Waals surface area contributed by atoms with Crippen molar-refractivity contribution in [3.8, 4) is 5.75 Å². The second-order valence-electron chi connectivity index (χ2n) is 12.8. The fourth-order valence-corrected chi connectivity index (χ4v) is 8.21. The molecule has 1 aliphatic carbocycles. The largest absolute Gasteiger partial charge is 0.491 e. The third-order valence-corrected chi connectivity index (χ3v) is 11.3. The van der Waals surface area contributed by atoms with Gasteiger partial charge in [-0.2, -0.15) is 0 Å². The predicted octanol–water partition coefficient (Wildman–Crippen LogP) is 8.31. The van der Waals surface area contributed by atoms with Crippen molar-refractivity contribution in [2.75, 3.05) is 31.7 Å². The number of carbonyl (C=O) groups is 1. The normalized spacial score (nSPS) is 29.1. The molecular formula is C35H47ClN2O3S. The van der Waals surface area contributed by atoms with Crippen molar-refractivity contribution in [1.29, 1.82) is 0 Å². The average molecular weight is 611 g/mol. The zero-order chi connectivity index (χ0) is 29.8. The molecule has 6 unspecified atom stereocenters. The Morgan fingerprint density at radius 2 is 2.00 bits per heavy atom. The van der Waals surface area contributed by atoms with Gasteiger partial charge in [-0.3, -0.25) is 9.52 Å². The molecule has 2 aliphatic heterocycles. The second kappa shape index (κ2) is 14.1. The van der Waals surface area contributed by atoms with Crippen LogP contribution in [0.4, 0.5) is 5.69 Å². The lowest BCUT2D eigenvalue weighted by molar-refractivity contribution is 0.0134. The van der Waals surface area contributed by atoms with Crippen LogP contribution in [0.3, 0.4) is 0 Å². The van der Waals surface area contributed by atoms with Crippen LogP contribution >= 0.6 is 23.5 Å². The molecule has 2 aromatic carbocycles. The first-order valence-electron chi connectivity index (χ1n) is 15.7. The van der Waals surface area contributed by atoms with Gasteiger partial charge in [0.15, 0.2) is 0 Å². The maximum Gasteiger partial charge on any atom is 0.261 e. The Morgan fingerprint density at radius 3 is 2.71 bits per heavy atom. The molecule has 2 bridgehead atoms. The first-order valence-corrected chi connectivity index (χ1v) is 17.0. The summed E-state index contributed by atoms with van der Waals surface area (Å²) < 4.78 is 15.8. The minimum atomic E-state index is -0.0482. The fourth-order valence-electron chi connectivity index (χ4n) is 7.04. The smallest absolute Gasteiger partial charge is 0.261 e. The monoisotopic (exact) mass is 610 g/mol. The SMILES string of the molecule is CCCc1cc(Cl)ccc1C1COc2ccc3cc2N(C1)CC1CCC1C(OC)/C=C/CC(C)C(C(C)C)SNC3=O. The summed E-state index contributed by atoms with van der Waals surface area (Å²) in [7, 11) is 1.85. The summed E-state index contributed by atoms with van der Waals surface area (Å²) in [5.41, 5.74) is 4.30. The van der Waals surface area contributed by atoms with E-state index in [2.05, 4.69) is 61.6 Å². The fraction of sp³-hybridized carbons (Fsp3) is 0.571.